The van der Waals surface area contributed by atoms with E-state index in [4.69, 9.17) is 16.3 Å². The van der Waals surface area contributed by atoms with Crippen molar-refractivity contribution < 1.29 is 18.7 Å². The smallest absolute Gasteiger partial charge is 0.340 e. The second-order valence-corrected chi connectivity index (χ2v) is 8.20. The first-order chi connectivity index (χ1) is 15.7. The second kappa shape index (κ2) is 8.71. The summed E-state index contributed by atoms with van der Waals surface area (Å²) < 4.78 is 20.4. The van der Waals surface area contributed by atoms with E-state index in [1.54, 1.807) is 13.0 Å². The van der Waals surface area contributed by atoms with Crippen LogP contribution in [-0.4, -0.2) is 23.6 Å². The molecule has 0 radical (unpaired) electrons. The summed E-state index contributed by atoms with van der Waals surface area (Å²) >= 11 is 6.03. The highest BCUT2D eigenvalue weighted by molar-refractivity contribution is 6.30. The van der Waals surface area contributed by atoms with Gasteiger partial charge < -0.3 is 9.30 Å². The van der Waals surface area contributed by atoms with Crippen molar-refractivity contribution in [2.45, 2.75) is 20.8 Å². The molecule has 0 saturated carbocycles. The van der Waals surface area contributed by atoms with Gasteiger partial charge in [-0.15, -0.1) is 0 Å². The molecule has 7 heteroatoms. The van der Waals surface area contributed by atoms with Gasteiger partial charge in [-0.05, 0) is 87.0 Å². The summed E-state index contributed by atoms with van der Waals surface area (Å²) in [5.41, 5.74) is 4.89. The van der Waals surface area contributed by atoms with E-state index in [0.717, 1.165) is 22.6 Å². The Kier molecular flexibility index (Phi) is 5.95. The molecule has 0 aliphatic carbocycles. The van der Waals surface area contributed by atoms with Crippen LogP contribution >= 0.6 is 11.6 Å². The maximum Gasteiger partial charge on any atom is 0.340 e. The van der Waals surface area contributed by atoms with Crippen molar-refractivity contribution in [3.05, 3.63) is 99.2 Å². The van der Waals surface area contributed by atoms with Gasteiger partial charge in [0.25, 0.3) is 5.91 Å². The summed E-state index contributed by atoms with van der Waals surface area (Å²) in [6, 6.07) is 15.0. The Balaban J connectivity index is 1.84. The number of halogens is 2. The number of hydrogen-bond acceptors (Lipinski definition) is 3. The minimum Gasteiger partial charge on any atom is -0.465 e. The highest BCUT2D eigenvalue weighted by Crippen LogP contribution is 2.36. The number of ether oxygens (including phenoxy) is 1. The largest absolute Gasteiger partial charge is 0.465 e. The zero-order chi connectivity index (χ0) is 23.9. The van der Waals surface area contributed by atoms with E-state index in [0.29, 0.717) is 16.4 Å². The molecule has 0 unspecified atom stereocenters. The fraction of sp³-hybridized carbons (Fsp3) is 0.154. The minimum atomic E-state index is -0.608. The average molecular weight is 465 g/mol. The number of aryl methyl sites for hydroxylation is 1. The molecule has 0 N–H and O–H groups in total. The summed E-state index contributed by atoms with van der Waals surface area (Å²) in [5, 5.41) is 0.643. The molecular weight excluding hydrogens is 443 g/mol. The Morgan fingerprint density at radius 2 is 1.61 bits per heavy atom. The molecule has 4 rings (SSSR count). The fourth-order valence-electron chi connectivity index (χ4n) is 4.16. The van der Waals surface area contributed by atoms with Gasteiger partial charge in [0.2, 0.25) is 0 Å². The van der Waals surface area contributed by atoms with Gasteiger partial charge in [-0.25, -0.2) is 9.18 Å². The van der Waals surface area contributed by atoms with Crippen LogP contribution < -0.4 is 4.90 Å². The van der Waals surface area contributed by atoms with E-state index in [-0.39, 0.29) is 17.1 Å². The molecule has 0 bridgehead atoms. The van der Waals surface area contributed by atoms with Crippen molar-refractivity contribution >= 4 is 35.2 Å². The Morgan fingerprint density at radius 3 is 2.21 bits per heavy atom. The van der Waals surface area contributed by atoms with E-state index < -0.39 is 11.8 Å². The number of hydrogen-bond donors (Lipinski definition) is 0. The zero-order valence-electron chi connectivity index (χ0n) is 18.6. The van der Waals surface area contributed by atoms with Crippen LogP contribution in [0.5, 0.6) is 0 Å². The van der Waals surface area contributed by atoms with Gasteiger partial charge in [0.05, 0.1) is 18.3 Å². The lowest BCUT2D eigenvalue weighted by Crippen LogP contribution is -2.24. The average Bonchev–Trinajstić information content (AvgIpc) is 3.21. The molecule has 1 aliphatic rings. The van der Waals surface area contributed by atoms with Gasteiger partial charge in [-0.2, -0.15) is 0 Å². The lowest BCUT2D eigenvalue weighted by Gasteiger charge is -2.17. The Labute approximate surface area is 196 Å². The number of carbonyl (C=O) groups is 2. The summed E-state index contributed by atoms with van der Waals surface area (Å²) in [5.74, 6) is -1.40. The van der Waals surface area contributed by atoms with E-state index >= 15 is 0 Å². The first kappa shape index (κ1) is 22.6. The minimum absolute atomic E-state index is 0.183. The molecule has 33 heavy (non-hydrogen) atoms. The van der Waals surface area contributed by atoms with E-state index in [1.807, 2.05) is 48.7 Å². The highest BCUT2D eigenvalue weighted by Gasteiger charge is 2.38. The predicted molar refractivity (Wildman–Crippen MR) is 127 cm³/mol. The van der Waals surface area contributed by atoms with Crippen molar-refractivity contribution in [2.75, 3.05) is 12.0 Å². The monoisotopic (exact) mass is 464 g/mol. The third-order valence-corrected chi connectivity index (χ3v) is 5.98. The van der Waals surface area contributed by atoms with Crippen LogP contribution in [0.15, 0.2) is 71.4 Å². The Bertz CT molecular complexity index is 1320. The fourth-order valence-corrected chi connectivity index (χ4v) is 4.28. The predicted octanol–water partition coefficient (Wildman–Crippen LogP) is 5.76. The molecule has 1 aromatic heterocycles. The molecule has 0 fully saturated rings. The first-order valence-corrected chi connectivity index (χ1v) is 10.7. The summed E-state index contributed by atoms with van der Waals surface area (Å²) in [6.07, 6.45) is 1.70. The van der Waals surface area contributed by atoms with Crippen molar-refractivity contribution in [2.24, 2.45) is 0 Å². The summed E-state index contributed by atoms with van der Waals surface area (Å²) in [7, 11) is 1.28. The van der Waals surface area contributed by atoms with Gasteiger partial charge in [-0.3, -0.25) is 9.69 Å². The quantitative estimate of drug-likeness (QED) is 0.364. The molecule has 5 nitrogen and oxygen atoms in total. The standard InChI is InChI=1S/C26H22ClFN2O3/c1-15-13-18(16(2)29(15)21-9-5-19(27)6-10-21)14-23-24(26(32)33-4)17(3)30(25(23)31)22-11-7-20(28)8-12-22/h5-14H,1-4H3/b23-14-. The van der Waals surface area contributed by atoms with Crippen LogP contribution in [-0.2, 0) is 14.3 Å². The molecule has 2 heterocycles. The van der Waals surface area contributed by atoms with Crippen LogP contribution in [0.4, 0.5) is 10.1 Å². The maximum absolute atomic E-state index is 13.4. The zero-order valence-corrected chi connectivity index (χ0v) is 19.4. The van der Waals surface area contributed by atoms with Crippen molar-refractivity contribution in [3.8, 4) is 5.69 Å². The van der Waals surface area contributed by atoms with Crippen molar-refractivity contribution in [1.82, 2.24) is 4.57 Å². The number of methoxy groups -OCH3 is 1. The van der Waals surface area contributed by atoms with Crippen LogP contribution in [0.1, 0.15) is 23.9 Å². The molecule has 1 aliphatic heterocycles. The Morgan fingerprint density at radius 1 is 1.00 bits per heavy atom. The number of aromatic nitrogens is 1. The normalized spacial score (nSPS) is 15.0. The number of anilines is 1. The number of allylic oxidation sites excluding steroid dienone is 1. The number of benzene rings is 2. The van der Waals surface area contributed by atoms with Crippen molar-refractivity contribution in [3.63, 3.8) is 0 Å². The van der Waals surface area contributed by atoms with Crippen LogP contribution in [0.2, 0.25) is 5.02 Å². The molecule has 2 aromatic carbocycles. The topological polar surface area (TPSA) is 51.5 Å². The van der Waals surface area contributed by atoms with Crippen LogP contribution in [0.25, 0.3) is 11.8 Å². The van der Waals surface area contributed by atoms with E-state index in [2.05, 4.69) is 0 Å². The first-order valence-electron chi connectivity index (χ1n) is 10.3. The molecular formula is C26H22ClFN2O3. The number of carbonyl (C=O) groups excluding carboxylic acids is 2. The van der Waals surface area contributed by atoms with Crippen LogP contribution in [0, 0.1) is 19.7 Å². The van der Waals surface area contributed by atoms with Crippen LogP contribution in [0.3, 0.4) is 0 Å². The van der Waals surface area contributed by atoms with E-state index in [9.17, 15) is 14.0 Å². The van der Waals surface area contributed by atoms with Gasteiger partial charge >= 0.3 is 5.97 Å². The second-order valence-electron chi connectivity index (χ2n) is 7.77. The Hall–Kier alpha value is -3.64. The number of rotatable bonds is 4. The number of amides is 1. The summed E-state index contributed by atoms with van der Waals surface area (Å²) in [4.78, 5) is 27.5. The lowest BCUT2D eigenvalue weighted by atomic mass is 10.0. The third-order valence-electron chi connectivity index (χ3n) is 5.73. The van der Waals surface area contributed by atoms with Gasteiger partial charge in [0.15, 0.2) is 0 Å². The maximum atomic E-state index is 13.4. The van der Waals surface area contributed by atoms with Gasteiger partial charge in [0.1, 0.15) is 5.82 Å². The molecule has 168 valence electrons. The lowest BCUT2D eigenvalue weighted by molar-refractivity contribution is -0.136. The number of esters is 1. The molecule has 0 atom stereocenters. The van der Waals surface area contributed by atoms with Gasteiger partial charge in [0, 0.05) is 33.5 Å². The van der Waals surface area contributed by atoms with Crippen molar-refractivity contribution in [1.29, 1.82) is 0 Å². The number of nitrogens with zero attached hydrogens (tertiary/aromatic N) is 2. The third kappa shape index (κ3) is 3.98. The summed E-state index contributed by atoms with van der Waals surface area (Å²) in [6.45, 7) is 5.58. The van der Waals surface area contributed by atoms with Gasteiger partial charge in [-0.1, -0.05) is 11.6 Å². The molecule has 1 amide bonds. The highest BCUT2D eigenvalue weighted by atomic mass is 35.5. The van der Waals surface area contributed by atoms with E-state index in [1.165, 1.54) is 36.3 Å². The molecule has 0 saturated heterocycles. The molecule has 3 aromatic rings. The SMILES string of the molecule is COC(=O)C1=C(C)N(c2ccc(F)cc2)C(=O)/C1=C\c1cc(C)n(-c2ccc(Cl)cc2)c1C. The molecule has 0 spiro atoms.